The van der Waals surface area contributed by atoms with Crippen molar-refractivity contribution in [1.82, 2.24) is 5.43 Å². The van der Waals surface area contributed by atoms with E-state index in [1.54, 1.807) is 18.2 Å². The number of amides is 1. The van der Waals surface area contributed by atoms with Crippen molar-refractivity contribution in [1.29, 1.82) is 0 Å². The first-order valence-electron chi connectivity index (χ1n) is 7.43. The smallest absolute Gasteiger partial charge is 0.335 e. The molecule has 3 aromatic rings. The van der Waals surface area contributed by atoms with Gasteiger partial charge in [0.15, 0.2) is 0 Å². The van der Waals surface area contributed by atoms with Crippen LogP contribution in [-0.2, 0) is 0 Å². The van der Waals surface area contributed by atoms with E-state index in [0.717, 1.165) is 10.8 Å². The lowest BCUT2D eigenvalue weighted by Gasteiger charge is -2.05. The first-order chi connectivity index (χ1) is 12.0. The monoisotopic (exact) mass is 334 g/mol. The number of hydrogen-bond acceptors (Lipinski definition) is 4. The summed E-state index contributed by atoms with van der Waals surface area (Å²) in [5.74, 6) is -1.68. The van der Waals surface area contributed by atoms with Crippen LogP contribution in [0.5, 0.6) is 5.75 Å². The van der Waals surface area contributed by atoms with Crippen LogP contribution >= 0.6 is 0 Å². The maximum absolute atomic E-state index is 12.2. The van der Waals surface area contributed by atoms with Gasteiger partial charge in [0.2, 0.25) is 0 Å². The minimum Gasteiger partial charge on any atom is -0.507 e. The number of benzene rings is 3. The SMILES string of the molecule is O=C(O)c1ccc(C=NNC(=O)c2cc3ccccc3cc2O)cc1. The molecule has 1 amide bonds. The molecule has 6 heteroatoms. The van der Waals surface area contributed by atoms with Gasteiger partial charge < -0.3 is 10.2 Å². The number of phenols is 1. The maximum Gasteiger partial charge on any atom is 0.335 e. The highest BCUT2D eigenvalue weighted by Crippen LogP contribution is 2.24. The van der Waals surface area contributed by atoms with Crippen LogP contribution in [0.25, 0.3) is 10.8 Å². The maximum atomic E-state index is 12.2. The summed E-state index contributed by atoms with van der Waals surface area (Å²) in [5.41, 5.74) is 3.27. The summed E-state index contributed by atoms with van der Waals surface area (Å²) in [6, 6.07) is 16.5. The first kappa shape index (κ1) is 16.2. The molecule has 6 nitrogen and oxygen atoms in total. The molecule has 0 aromatic heterocycles. The quantitative estimate of drug-likeness (QED) is 0.504. The van der Waals surface area contributed by atoms with E-state index in [9.17, 15) is 14.7 Å². The molecule has 0 saturated carbocycles. The van der Waals surface area contributed by atoms with Gasteiger partial charge >= 0.3 is 5.97 Å². The van der Waals surface area contributed by atoms with Crippen LogP contribution in [0.1, 0.15) is 26.3 Å². The fourth-order valence-corrected chi connectivity index (χ4v) is 2.35. The average Bonchev–Trinajstić information content (AvgIpc) is 2.61. The van der Waals surface area contributed by atoms with Crippen LogP contribution in [0.4, 0.5) is 0 Å². The fourth-order valence-electron chi connectivity index (χ4n) is 2.35. The number of hydrazone groups is 1. The van der Waals surface area contributed by atoms with Gasteiger partial charge in [-0.3, -0.25) is 4.79 Å². The molecule has 3 rings (SSSR count). The molecular weight excluding hydrogens is 320 g/mol. The number of fused-ring (bicyclic) bond motifs is 1. The highest BCUT2D eigenvalue weighted by Gasteiger charge is 2.11. The van der Waals surface area contributed by atoms with E-state index in [1.807, 2.05) is 24.3 Å². The molecule has 3 aromatic carbocycles. The number of rotatable bonds is 4. The number of phenolic OH excluding ortho intramolecular Hbond substituents is 1. The number of aromatic carboxylic acids is 1. The average molecular weight is 334 g/mol. The molecule has 0 atom stereocenters. The first-order valence-corrected chi connectivity index (χ1v) is 7.43. The van der Waals surface area contributed by atoms with Crippen LogP contribution in [0.15, 0.2) is 65.8 Å². The standard InChI is InChI=1S/C19H14N2O4/c22-17-10-15-4-2-1-3-14(15)9-16(17)18(23)21-20-11-12-5-7-13(8-6-12)19(24)25/h1-11,22H,(H,21,23)(H,24,25). The number of nitrogens with one attached hydrogen (secondary N) is 1. The van der Waals surface area contributed by atoms with E-state index >= 15 is 0 Å². The Morgan fingerprint density at radius 3 is 2.24 bits per heavy atom. The van der Waals surface area contributed by atoms with Gasteiger partial charge in [-0.05, 0) is 40.6 Å². The number of aromatic hydroxyl groups is 1. The van der Waals surface area contributed by atoms with Crippen molar-refractivity contribution < 1.29 is 19.8 Å². The van der Waals surface area contributed by atoms with E-state index in [4.69, 9.17) is 5.11 Å². The van der Waals surface area contributed by atoms with Crippen LogP contribution < -0.4 is 5.43 Å². The van der Waals surface area contributed by atoms with Crippen molar-refractivity contribution in [3.63, 3.8) is 0 Å². The Labute approximate surface area is 143 Å². The number of hydrogen-bond donors (Lipinski definition) is 3. The molecule has 0 aliphatic carbocycles. The van der Waals surface area contributed by atoms with E-state index in [2.05, 4.69) is 10.5 Å². The van der Waals surface area contributed by atoms with Crippen molar-refractivity contribution >= 4 is 28.9 Å². The molecule has 3 N–H and O–H groups in total. The van der Waals surface area contributed by atoms with Gasteiger partial charge in [-0.2, -0.15) is 5.10 Å². The molecule has 0 saturated heterocycles. The Morgan fingerprint density at radius 2 is 1.60 bits per heavy atom. The number of carboxylic acids is 1. The molecule has 0 bridgehead atoms. The predicted molar refractivity (Wildman–Crippen MR) is 94.1 cm³/mol. The van der Waals surface area contributed by atoms with Crippen molar-refractivity contribution in [3.8, 4) is 5.75 Å². The second-order valence-corrected chi connectivity index (χ2v) is 5.34. The lowest BCUT2D eigenvalue weighted by Crippen LogP contribution is -2.17. The van der Waals surface area contributed by atoms with Crippen molar-refractivity contribution in [2.24, 2.45) is 5.10 Å². The molecule has 0 spiro atoms. The molecule has 0 radical (unpaired) electrons. The van der Waals surface area contributed by atoms with E-state index in [1.165, 1.54) is 24.4 Å². The highest BCUT2D eigenvalue weighted by atomic mass is 16.4. The van der Waals surface area contributed by atoms with Crippen LogP contribution in [-0.4, -0.2) is 28.3 Å². The molecule has 0 unspecified atom stereocenters. The number of nitrogens with zero attached hydrogens (tertiary/aromatic N) is 1. The Kier molecular flexibility index (Phi) is 4.43. The normalized spacial score (nSPS) is 10.9. The molecule has 0 aliphatic rings. The van der Waals surface area contributed by atoms with Crippen molar-refractivity contribution in [3.05, 3.63) is 77.4 Å². The Hall–Kier alpha value is -3.67. The van der Waals surface area contributed by atoms with Gasteiger partial charge in [-0.15, -0.1) is 0 Å². The molecular formula is C19H14N2O4. The van der Waals surface area contributed by atoms with Crippen LogP contribution in [0, 0.1) is 0 Å². The molecule has 124 valence electrons. The van der Waals surface area contributed by atoms with E-state index < -0.39 is 11.9 Å². The summed E-state index contributed by atoms with van der Waals surface area (Å²) >= 11 is 0. The number of carbonyl (C=O) groups is 2. The van der Waals surface area contributed by atoms with Crippen molar-refractivity contribution in [2.75, 3.05) is 0 Å². The third kappa shape index (κ3) is 3.64. The minimum absolute atomic E-state index is 0.122. The second-order valence-electron chi connectivity index (χ2n) is 5.34. The zero-order chi connectivity index (χ0) is 17.8. The van der Waals surface area contributed by atoms with Gasteiger partial charge in [0.05, 0.1) is 17.3 Å². The van der Waals surface area contributed by atoms with Gasteiger partial charge in [0.1, 0.15) is 5.75 Å². The third-order valence-electron chi connectivity index (χ3n) is 3.65. The summed E-state index contributed by atoms with van der Waals surface area (Å²) < 4.78 is 0. The van der Waals surface area contributed by atoms with E-state index in [0.29, 0.717) is 5.56 Å². The topological polar surface area (TPSA) is 99.0 Å². The summed E-state index contributed by atoms with van der Waals surface area (Å²) in [5, 5.41) is 24.3. The van der Waals surface area contributed by atoms with Crippen LogP contribution in [0.3, 0.4) is 0 Å². The van der Waals surface area contributed by atoms with Crippen molar-refractivity contribution in [2.45, 2.75) is 0 Å². The second kappa shape index (κ2) is 6.84. The lowest BCUT2D eigenvalue weighted by molar-refractivity contribution is 0.0696. The summed E-state index contributed by atoms with van der Waals surface area (Å²) in [4.78, 5) is 23.0. The Balaban J connectivity index is 1.74. The molecule has 0 fully saturated rings. The van der Waals surface area contributed by atoms with Gasteiger partial charge in [-0.25, -0.2) is 10.2 Å². The minimum atomic E-state index is -1.01. The summed E-state index contributed by atoms with van der Waals surface area (Å²) in [6.07, 6.45) is 1.39. The number of carbonyl (C=O) groups excluding carboxylic acids is 1. The molecule has 25 heavy (non-hydrogen) atoms. The Bertz CT molecular complexity index is 978. The predicted octanol–water partition coefficient (Wildman–Crippen LogP) is 3.01. The van der Waals surface area contributed by atoms with E-state index in [-0.39, 0.29) is 16.9 Å². The largest absolute Gasteiger partial charge is 0.507 e. The highest BCUT2D eigenvalue weighted by molar-refractivity contribution is 6.01. The Morgan fingerprint density at radius 1 is 0.960 bits per heavy atom. The van der Waals surface area contributed by atoms with Gasteiger partial charge in [-0.1, -0.05) is 36.4 Å². The summed E-state index contributed by atoms with van der Waals surface area (Å²) in [7, 11) is 0. The zero-order valence-electron chi connectivity index (χ0n) is 13.0. The third-order valence-corrected chi connectivity index (χ3v) is 3.65. The lowest BCUT2D eigenvalue weighted by atomic mass is 10.1. The summed E-state index contributed by atoms with van der Waals surface area (Å²) in [6.45, 7) is 0. The van der Waals surface area contributed by atoms with Gasteiger partial charge in [0, 0.05) is 0 Å². The number of carboxylic acid groups (broad SMARTS) is 1. The van der Waals surface area contributed by atoms with Gasteiger partial charge in [0.25, 0.3) is 5.91 Å². The van der Waals surface area contributed by atoms with Crippen LogP contribution in [0.2, 0.25) is 0 Å². The fraction of sp³-hybridized carbons (Fsp3) is 0. The molecule has 0 aliphatic heterocycles. The zero-order valence-corrected chi connectivity index (χ0v) is 13.0. The molecule has 0 heterocycles.